The number of carbonyl (C=O) groups is 1. The fourth-order valence-electron chi connectivity index (χ4n) is 4.83. The number of nitrogens with two attached hydrogens (primary N) is 1. The maximum Gasteiger partial charge on any atom is 0.250 e. The molecule has 2 aliphatic rings. The van der Waals surface area contributed by atoms with Gasteiger partial charge in [-0.2, -0.15) is 0 Å². The highest BCUT2D eigenvalue weighted by Gasteiger charge is 2.51. The van der Waals surface area contributed by atoms with E-state index in [0.29, 0.717) is 29.1 Å². The molecule has 0 bridgehead atoms. The molecule has 8 nitrogen and oxygen atoms in total. The van der Waals surface area contributed by atoms with Gasteiger partial charge in [-0.3, -0.25) is 19.7 Å². The first-order valence-electron chi connectivity index (χ1n) is 11.7. The summed E-state index contributed by atoms with van der Waals surface area (Å²) in [5.41, 5.74) is 9.23. The van der Waals surface area contributed by atoms with E-state index < -0.39 is 17.5 Å². The fourth-order valence-corrected chi connectivity index (χ4v) is 4.83. The van der Waals surface area contributed by atoms with Crippen molar-refractivity contribution in [3.8, 4) is 0 Å². The highest BCUT2D eigenvalue weighted by molar-refractivity contribution is 6.11. The van der Waals surface area contributed by atoms with Gasteiger partial charge in [-0.1, -0.05) is 11.2 Å². The Hall–Kier alpha value is -3.92. The van der Waals surface area contributed by atoms with Crippen molar-refractivity contribution in [2.24, 2.45) is 16.3 Å². The lowest BCUT2D eigenvalue weighted by molar-refractivity contribution is -0.0274. The summed E-state index contributed by atoms with van der Waals surface area (Å²) in [5.74, 6) is -2.35. The Kier molecular flexibility index (Phi) is 6.36. The van der Waals surface area contributed by atoms with Gasteiger partial charge in [-0.15, -0.1) is 0 Å². The monoisotopic (exact) mass is 492 g/mol. The molecule has 36 heavy (non-hydrogen) atoms. The van der Waals surface area contributed by atoms with Crippen LogP contribution in [0.2, 0.25) is 0 Å². The number of anilines is 1. The van der Waals surface area contributed by atoms with E-state index in [2.05, 4.69) is 24.9 Å². The van der Waals surface area contributed by atoms with E-state index in [4.69, 9.17) is 10.6 Å². The molecule has 0 radical (unpaired) electrons. The minimum atomic E-state index is -0.952. The molecule has 1 amide bonds. The topological polar surface area (TPSA) is 96.9 Å². The van der Waals surface area contributed by atoms with Crippen LogP contribution in [-0.4, -0.2) is 59.3 Å². The second-order valence-electron chi connectivity index (χ2n) is 9.34. The van der Waals surface area contributed by atoms with E-state index in [1.165, 1.54) is 12.3 Å². The number of primary amides is 1. The van der Waals surface area contributed by atoms with Crippen LogP contribution >= 0.6 is 0 Å². The highest BCUT2D eigenvalue weighted by Crippen LogP contribution is 2.42. The van der Waals surface area contributed by atoms with Crippen LogP contribution in [0.15, 0.2) is 60.1 Å². The molecule has 2 N–H and O–H groups in total. The average Bonchev–Trinajstić information content (AvgIpc) is 2.83. The molecule has 0 aliphatic carbocycles. The Morgan fingerprint density at radius 3 is 2.53 bits per heavy atom. The number of oxime groups is 1. The number of halogens is 2. The Morgan fingerprint density at radius 1 is 1.06 bits per heavy atom. The van der Waals surface area contributed by atoms with Gasteiger partial charge in [-0.25, -0.2) is 8.78 Å². The number of aromatic nitrogens is 2. The van der Waals surface area contributed by atoms with Gasteiger partial charge < -0.3 is 15.5 Å². The first-order valence-corrected chi connectivity index (χ1v) is 11.7. The molecule has 2 fully saturated rings. The van der Waals surface area contributed by atoms with E-state index in [9.17, 15) is 13.6 Å². The number of hydrogen-bond donors (Lipinski definition) is 1. The summed E-state index contributed by atoms with van der Waals surface area (Å²) in [7, 11) is 0. The number of pyridine rings is 2. The number of rotatable bonds is 8. The third-order valence-electron chi connectivity index (χ3n) is 6.50. The Morgan fingerprint density at radius 2 is 1.86 bits per heavy atom. The van der Waals surface area contributed by atoms with Crippen LogP contribution in [0.3, 0.4) is 0 Å². The molecular weight excluding hydrogens is 466 g/mol. The van der Waals surface area contributed by atoms with Crippen molar-refractivity contribution in [3.63, 3.8) is 0 Å². The molecule has 4 heterocycles. The van der Waals surface area contributed by atoms with Crippen molar-refractivity contribution in [1.29, 1.82) is 0 Å². The summed E-state index contributed by atoms with van der Waals surface area (Å²) in [4.78, 5) is 29.8. The lowest BCUT2D eigenvalue weighted by Crippen LogP contribution is -2.72. The van der Waals surface area contributed by atoms with Gasteiger partial charge in [0.25, 0.3) is 0 Å². The summed E-state index contributed by atoms with van der Waals surface area (Å²) in [5, 5.41) is 4.08. The number of nitrogens with zero attached hydrogens (tertiary/aromatic N) is 5. The lowest BCUT2D eigenvalue weighted by Gasteiger charge is -2.61. The summed E-state index contributed by atoms with van der Waals surface area (Å²) >= 11 is 0. The van der Waals surface area contributed by atoms with Gasteiger partial charge in [0.05, 0.1) is 23.1 Å². The van der Waals surface area contributed by atoms with Crippen molar-refractivity contribution in [1.82, 2.24) is 14.9 Å². The van der Waals surface area contributed by atoms with Crippen molar-refractivity contribution in [2.45, 2.75) is 13.5 Å². The molecule has 2 saturated heterocycles. The van der Waals surface area contributed by atoms with Crippen LogP contribution in [0.4, 0.5) is 14.5 Å². The van der Waals surface area contributed by atoms with Crippen LogP contribution < -0.4 is 10.6 Å². The van der Waals surface area contributed by atoms with Gasteiger partial charge >= 0.3 is 0 Å². The van der Waals surface area contributed by atoms with Gasteiger partial charge in [0.2, 0.25) is 5.91 Å². The van der Waals surface area contributed by atoms with Crippen LogP contribution in [0.25, 0.3) is 0 Å². The molecule has 186 valence electrons. The third-order valence-corrected chi connectivity index (χ3v) is 6.50. The molecule has 10 heteroatoms. The second-order valence-corrected chi connectivity index (χ2v) is 9.34. The van der Waals surface area contributed by atoms with Gasteiger partial charge in [0.15, 0.2) is 11.6 Å². The maximum atomic E-state index is 13.8. The van der Waals surface area contributed by atoms with Gasteiger partial charge in [-0.05, 0) is 42.8 Å². The third kappa shape index (κ3) is 4.76. The smallest absolute Gasteiger partial charge is 0.250 e. The normalized spacial score (nSPS) is 17.0. The fraction of sp³-hybridized carbons (Fsp3) is 0.308. The average molecular weight is 493 g/mol. The minimum absolute atomic E-state index is 0.250. The molecule has 0 unspecified atom stereocenters. The van der Waals surface area contributed by atoms with E-state index in [1.54, 1.807) is 25.4 Å². The van der Waals surface area contributed by atoms with Crippen molar-refractivity contribution < 1.29 is 18.4 Å². The number of amides is 1. The summed E-state index contributed by atoms with van der Waals surface area (Å²) in [6.07, 6.45) is 5.01. The van der Waals surface area contributed by atoms with Gasteiger partial charge in [0, 0.05) is 56.1 Å². The Bertz CT molecular complexity index is 1300. The molecular formula is C26H26F2N6O2. The minimum Gasteiger partial charge on any atom is -0.396 e. The molecule has 1 spiro atoms. The standard InChI is InChI=1S/C26H26F2N6O2/c1-2-36-32-24(18-4-5-21(27)22(28)8-18)23-6-3-17(9-31-23)12-33-13-26(14-33)15-34(16-26)20-7-19(25(29)35)10-30-11-20/h3-11H,2,12-16H2,1H3,(H2,29,35)/b32-24+. The van der Waals surface area contributed by atoms with Crippen molar-refractivity contribution >= 4 is 17.3 Å². The summed E-state index contributed by atoms with van der Waals surface area (Å²) < 4.78 is 27.2. The lowest BCUT2D eigenvalue weighted by atomic mass is 9.72. The molecule has 3 aromatic rings. The highest BCUT2D eigenvalue weighted by atomic mass is 19.2. The molecule has 1 aromatic carbocycles. The number of benzene rings is 1. The first kappa shape index (κ1) is 23.8. The first-order chi connectivity index (χ1) is 17.4. The zero-order valence-electron chi connectivity index (χ0n) is 19.8. The van der Waals surface area contributed by atoms with Crippen LogP contribution in [0.5, 0.6) is 0 Å². The van der Waals surface area contributed by atoms with Crippen LogP contribution in [-0.2, 0) is 11.4 Å². The van der Waals surface area contributed by atoms with E-state index in [0.717, 1.165) is 56.1 Å². The van der Waals surface area contributed by atoms with E-state index >= 15 is 0 Å². The molecule has 2 aliphatic heterocycles. The zero-order valence-corrected chi connectivity index (χ0v) is 19.8. The molecule has 5 rings (SSSR count). The molecule has 0 saturated carbocycles. The number of likely N-dealkylation sites (tertiary alicyclic amines) is 1. The van der Waals surface area contributed by atoms with E-state index in [-0.39, 0.29) is 5.41 Å². The predicted molar refractivity (Wildman–Crippen MR) is 131 cm³/mol. The Labute approximate surface area is 207 Å². The maximum absolute atomic E-state index is 13.8. The predicted octanol–water partition coefficient (Wildman–Crippen LogP) is 2.96. The van der Waals surface area contributed by atoms with Gasteiger partial charge in [0.1, 0.15) is 12.3 Å². The quantitative estimate of drug-likeness (QED) is 0.384. The van der Waals surface area contributed by atoms with Crippen LogP contribution in [0, 0.1) is 17.0 Å². The number of hydrogen-bond acceptors (Lipinski definition) is 7. The molecule has 0 atom stereocenters. The van der Waals surface area contributed by atoms with Crippen molar-refractivity contribution in [2.75, 3.05) is 37.7 Å². The summed E-state index contributed by atoms with van der Waals surface area (Å²) in [6.45, 7) is 6.66. The van der Waals surface area contributed by atoms with E-state index in [1.807, 2.05) is 12.1 Å². The Balaban J connectivity index is 1.19. The second kappa shape index (κ2) is 9.62. The van der Waals surface area contributed by atoms with Crippen molar-refractivity contribution in [3.05, 3.63) is 89.0 Å². The summed E-state index contributed by atoms with van der Waals surface area (Å²) in [6, 6.07) is 9.16. The largest absolute Gasteiger partial charge is 0.396 e. The zero-order chi connectivity index (χ0) is 25.3. The SMILES string of the molecule is CCO/N=C(\c1ccc(F)c(F)c1)c1ccc(CN2CC3(C2)CN(c2cncc(C(N)=O)c2)C3)cn1. The molecule has 2 aromatic heterocycles. The number of carbonyl (C=O) groups excluding carboxylic acids is 1. The van der Waals surface area contributed by atoms with Crippen LogP contribution in [0.1, 0.15) is 34.1 Å².